The quantitative estimate of drug-likeness (QED) is 0.792. The maximum absolute atomic E-state index is 2.47. The average Bonchev–Trinajstić information content (AvgIpc) is 2.46. The molecule has 1 aliphatic heterocycles. The Balaban J connectivity index is 0.00000133. The fourth-order valence-corrected chi connectivity index (χ4v) is 2.94. The molecule has 1 heterocycles. The number of nitrogens with zero attached hydrogens (tertiary/aromatic N) is 1. The Bertz CT molecular complexity index is 461. The first-order valence-corrected chi connectivity index (χ1v) is 7.09. The van der Waals surface area contributed by atoms with E-state index in [2.05, 4.69) is 47.5 Å². The van der Waals surface area contributed by atoms with Gasteiger partial charge in [0.15, 0.2) is 0 Å². The zero-order valence-electron chi connectivity index (χ0n) is 11.3. The van der Waals surface area contributed by atoms with E-state index in [0.29, 0.717) is 0 Å². The van der Waals surface area contributed by atoms with Crippen LogP contribution in [0.25, 0.3) is 0 Å². The molecule has 0 spiro atoms. The highest BCUT2D eigenvalue weighted by Crippen LogP contribution is 2.29. The van der Waals surface area contributed by atoms with Crippen LogP contribution in [0.3, 0.4) is 0 Å². The topological polar surface area (TPSA) is 3.24 Å². The van der Waals surface area contributed by atoms with E-state index in [1.165, 1.54) is 37.8 Å². The number of halogens is 1. The predicted octanol–water partition coefficient (Wildman–Crippen LogP) is 4.51. The summed E-state index contributed by atoms with van der Waals surface area (Å²) in [5, 5.41) is 0. The van der Waals surface area contributed by atoms with Crippen LogP contribution < -0.4 is 0 Å². The Morgan fingerprint density at radius 3 is 2.63 bits per heavy atom. The predicted molar refractivity (Wildman–Crippen MR) is 86.7 cm³/mol. The van der Waals surface area contributed by atoms with Gasteiger partial charge in [-0.3, -0.25) is 0 Å². The lowest BCUT2D eigenvalue weighted by Crippen LogP contribution is -2.26. The van der Waals surface area contributed by atoms with E-state index in [1.807, 2.05) is 0 Å². The molecule has 0 unspecified atom stereocenters. The van der Waals surface area contributed by atoms with Gasteiger partial charge in [0.25, 0.3) is 0 Å². The second-order valence-corrected chi connectivity index (χ2v) is 5.36. The molecule has 19 heavy (non-hydrogen) atoms. The molecule has 1 aliphatic carbocycles. The van der Waals surface area contributed by atoms with Crippen molar-refractivity contribution in [3.63, 3.8) is 0 Å². The first-order chi connectivity index (χ1) is 8.92. The number of hydrogen-bond donors (Lipinski definition) is 0. The maximum atomic E-state index is 2.47. The number of hydrogen-bond acceptors (Lipinski definition) is 1. The number of allylic oxidation sites excluding steroid dienone is 2. The second-order valence-electron chi connectivity index (χ2n) is 5.36. The van der Waals surface area contributed by atoms with Crippen molar-refractivity contribution in [3.8, 4) is 0 Å². The van der Waals surface area contributed by atoms with E-state index >= 15 is 0 Å². The van der Waals surface area contributed by atoms with E-state index in [9.17, 15) is 0 Å². The minimum Gasteiger partial charge on any atom is -0.373 e. The van der Waals surface area contributed by atoms with E-state index < -0.39 is 0 Å². The smallest absolute Gasteiger partial charge is 0.0389 e. The molecular weight excluding hydrogens is 298 g/mol. The molecule has 3 rings (SSSR count). The summed E-state index contributed by atoms with van der Waals surface area (Å²) >= 11 is 0. The van der Waals surface area contributed by atoms with Crippen LogP contribution in [0.5, 0.6) is 0 Å². The molecule has 102 valence electrons. The van der Waals surface area contributed by atoms with Gasteiger partial charge >= 0.3 is 0 Å². The SMILES string of the molecule is Br.C1=CN(CCc2ccccc2)CC2=C1CCCC2. The average molecular weight is 320 g/mol. The van der Waals surface area contributed by atoms with Crippen molar-refractivity contribution in [1.29, 1.82) is 0 Å². The molecule has 1 aromatic carbocycles. The van der Waals surface area contributed by atoms with Crippen LogP contribution in [0.1, 0.15) is 31.2 Å². The van der Waals surface area contributed by atoms with Crippen molar-refractivity contribution in [1.82, 2.24) is 4.90 Å². The van der Waals surface area contributed by atoms with Crippen LogP contribution in [-0.2, 0) is 6.42 Å². The molecule has 0 radical (unpaired) electrons. The van der Waals surface area contributed by atoms with Gasteiger partial charge in [0.2, 0.25) is 0 Å². The molecule has 1 nitrogen and oxygen atoms in total. The second kappa shape index (κ2) is 6.95. The Kier molecular flexibility index (Phi) is 5.26. The molecule has 0 bridgehead atoms. The minimum atomic E-state index is 0. The van der Waals surface area contributed by atoms with Crippen molar-refractivity contribution in [3.05, 3.63) is 59.3 Å². The minimum absolute atomic E-state index is 0. The lowest BCUT2D eigenvalue weighted by atomic mass is 9.90. The fraction of sp³-hybridized carbons (Fsp3) is 0.412. The van der Waals surface area contributed by atoms with Gasteiger partial charge < -0.3 is 4.90 Å². The standard InChI is InChI=1S/C17H21N.BrH/c1-2-6-15(7-3-1)10-12-18-13-11-16-8-4-5-9-17(16)14-18;/h1-3,6-7,11,13H,4-5,8-10,12,14H2;1H. The Morgan fingerprint density at radius 1 is 1.00 bits per heavy atom. The van der Waals surface area contributed by atoms with Gasteiger partial charge in [-0.2, -0.15) is 0 Å². The molecule has 0 atom stereocenters. The molecule has 2 heteroatoms. The monoisotopic (exact) mass is 319 g/mol. The highest BCUT2D eigenvalue weighted by atomic mass is 79.9. The Labute approximate surface area is 126 Å². The largest absolute Gasteiger partial charge is 0.373 e. The van der Waals surface area contributed by atoms with Gasteiger partial charge in [0, 0.05) is 13.1 Å². The molecule has 2 aliphatic rings. The highest BCUT2D eigenvalue weighted by molar-refractivity contribution is 8.93. The zero-order chi connectivity index (χ0) is 12.2. The van der Waals surface area contributed by atoms with E-state index in [-0.39, 0.29) is 17.0 Å². The van der Waals surface area contributed by atoms with E-state index in [0.717, 1.165) is 13.0 Å². The van der Waals surface area contributed by atoms with Gasteiger partial charge in [-0.1, -0.05) is 30.3 Å². The molecule has 0 saturated carbocycles. The van der Waals surface area contributed by atoms with Crippen molar-refractivity contribution >= 4 is 17.0 Å². The van der Waals surface area contributed by atoms with Gasteiger partial charge in [-0.05, 0) is 61.1 Å². The van der Waals surface area contributed by atoms with Crippen molar-refractivity contribution in [2.75, 3.05) is 13.1 Å². The molecular formula is C17H22BrN. The Morgan fingerprint density at radius 2 is 1.79 bits per heavy atom. The van der Waals surface area contributed by atoms with E-state index in [4.69, 9.17) is 0 Å². The van der Waals surface area contributed by atoms with Crippen molar-refractivity contribution in [2.45, 2.75) is 32.1 Å². The first kappa shape index (κ1) is 14.4. The van der Waals surface area contributed by atoms with Crippen LogP contribution in [0, 0.1) is 0 Å². The summed E-state index contributed by atoms with van der Waals surface area (Å²) in [6, 6.07) is 10.8. The molecule has 0 fully saturated rings. The summed E-state index contributed by atoms with van der Waals surface area (Å²) in [5.41, 5.74) is 4.75. The first-order valence-electron chi connectivity index (χ1n) is 7.09. The maximum Gasteiger partial charge on any atom is 0.0389 e. The third-order valence-corrected chi connectivity index (χ3v) is 4.04. The van der Waals surface area contributed by atoms with Crippen LogP contribution in [0.2, 0.25) is 0 Å². The summed E-state index contributed by atoms with van der Waals surface area (Å²) in [4.78, 5) is 2.47. The van der Waals surface area contributed by atoms with Crippen LogP contribution in [0.15, 0.2) is 53.8 Å². The summed E-state index contributed by atoms with van der Waals surface area (Å²) in [5.74, 6) is 0. The number of benzene rings is 1. The molecule has 0 aromatic heterocycles. The van der Waals surface area contributed by atoms with Gasteiger partial charge in [0.1, 0.15) is 0 Å². The molecule has 0 amide bonds. The number of rotatable bonds is 3. The normalized spacial score (nSPS) is 18.0. The highest BCUT2D eigenvalue weighted by Gasteiger charge is 2.16. The summed E-state index contributed by atoms with van der Waals surface area (Å²) in [6.07, 6.45) is 11.2. The lowest BCUT2D eigenvalue weighted by Gasteiger charge is -2.30. The summed E-state index contributed by atoms with van der Waals surface area (Å²) in [6.45, 7) is 2.30. The van der Waals surface area contributed by atoms with Crippen LogP contribution in [0.4, 0.5) is 0 Å². The van der Waals surface area contributed by atoms with Crippen LogP contribution in [-0.4, -0.2) is 18.0 Å². The molecule has 1 aromatic rings. The zero-order valence-corrected chi connectivity index (χ0v) is 13.1. The lowest BCUT2D eigenvalue weighted by molar-refractivity contribution is 0.391. The fourth-order valence-electron chi connectivity index (χ4n) is 2.94. The molecule has 0 saturated heterocycles. The van der Waals surface area contributed by atoms with E-state index in [1.54, 1.807) is 11.1 Å². The Hall–Kier alpha value is -1.02. The van der Waals surface area contributed by atoms with Crippen LogP contribution >= 0.6 is 17.0 Å². The van der Waals surface area contributed by atoms with Gasteiger partial charge in [-0.15, -0.1) is 17.0 Å². The van der Waals surface area contributed by atoms with Crippen molar-refractivity contribution in [2.24, 2.45) is 0 Å². The van der Waals surface area contributed by atoms with Gasteiger partial charge in [0.05, 0.1) is 0 Å². The third-order valence-electron chi connectivity index (χ3n) is 4.04. The third kappa shape index (κ3) is 3.73. The summed E-state index contributed by atoms with van der Waals surface area (Å²) < 4.78 is 0. The molecule has 0 N–H and O–H groups in total. The summed E-state index contributed by atoms with van der Waals surface area (Å²) in [7, 11) is 0. The van der Waals surface area contributed by atoms with Gasteiger partial charge in [-0.25, -0.2) is 0 Å². The van der Waals surface area contributed by atoms with Crippen molar-refractivity contribution < 1.29 is 0 Å².